The molecule has 0 spiro atoms. The molecule has 0 saturated heterocycles. The van der Waals surface area contributed by atoms with Crippen molar-refractivity contribution in [1.29, 1.82) is 0 Å². The number of carboxylic acids is 1. The minimum absolute atomic E-state index is 0.0420. The highest BCUT2D eigenvalue weighted by Crippen LogP contribution is 2.43. The summed E-state index contributed by atoms with van der Waals surface area (Å²) in [6.07, 6.45) is 4.17. The lowest BCUT2D eigenvalue weighted by Crippen LogP contribution is -2.31. The molecule has 1 saturated carbocycles. The summed E-state index contributed by atoms with van der Waals surface area (Å²) in [5, 5.41) is 12.0. The molecular weight excluding hydrogens is 266 g/mol. The molecule has 1 aromatic rings. The number of hydrogen-bond donors (Lipinski definition) is 2. The zero-order chi connectivity index (χ0) is 15.3. The maximum absolute atomic E-state index is 12.1. The van der Waals surface area contributed by atoms with Crippen molar-refractivity contribution in [3.8, 4) is 0 Å². The fraction of sp³-hybridized carbons (Fsp3) is 0.529. The van der Waals surface area contributed by atoms with Gasteiger partial charge >= 0.3 is 5.97 Å². The maximum Gasteiger partial charge on any atom is 0.303 e. The lowest BCUT2D eigenvalue weighted by molar-refractivity contribution is -0.140. The van der Waals surface area contributed by atoms with E-state index in [2.05, 4.69) is 5.32 Å². The Morgan fingerprint density at radius 1 is 1.24 bits per heavy atom. The van der Waals surface area contributed by atoms with Gasteiger partial charge in [0.15, 0.2) is 0 Å². The van der Waals surface area contributed by atoms with Crippen LogP contribution in [0.1, 0.15) is 49.7 Å². The highest BCUT2D eigenvalue weighted by molar-refractivity contribution is 5.78. The smallest absolute Gasteiger partial charge is 0.303 e. The third kappa shape index (κ3) is 4.59. The predicted molar refractivity (Wildman–Crippen MR) is 80.8 cm³/mol. The molecule has 2 N–H and O–H groups in total. The van der Waals surface area contributed by atoms with Gasteiger partial charge < -0.3 is 10.4 Å². The molecule has 4 heteroatoms. The molecule has 4 nitrogen and oxygen atoms in total. The van der Waals surface area contributed by atoms with Crippen molar-refractivity contribution >= 4 is 11.9 Å². The van der Waals surface area contributed by atoms with Crippen LogP contribution >= 0.6 is 0 Å². The van der Waals surface area contributed by atoms with Gasteiger partial charge in [-0.1, -0.05) is 42.7 Å². The first kappa shape index (κ1) is 15.5. The molecule has 1 fully saturated rings. The molecule has 2 rings (SSSR count). The van der Waals surface area contributed by atoms with Crippen molar-refractivity contribution < 1.29 is 14.7 Å². The van der Waals surface area contributed by atoms with E-state index in [4.69, 9.17) is 5.11 Å². The lowest BCUT2D eigenvalue weighted by Gasteiger charge is -2.26. The topological polar surface area (TPSA) is 66.4 Å². The fourth-order valence-electron chi connectivity index (χ4n) is 3.29. The molecule has 0 aromatic heterocycles. The van der Waals surface area contributed by atoms with E-state index in [0.717, 1.165) is 31.2 Å². The van der Waals surface area contributed by atoms with Gasteiger partial charge in [-0.15, -0.1) is 0 Å². The Hall–Kier alpha value is -1.84. The Labute approximate surface area is 125 Å². The van der Waals surface area contributed by atoms with E-state index in [9.17, 15) is 9.59 Å². The second-order valence-electron chi connectivity index (χ2n) is 6.22. The fourth-order valence-corrected chi connectivity index (χ4v) is 3.29. The molecule has 0 atom stereocenters. The van der Waals surface area contributed by atoms with Crippen LogP contribution in [0.15, 0.2) is 24.3 Å². The Balaban J connectivity index is 1.89. The third-order valence-corrected chi connectivity index (χ3v) is 4.30. The van der Waals surface area contributed by atoms with Gasteiger partial charge in [0, 0.05) is 13.0 Å². The molecule has 0 aliphatic heterocycles. The van der Waals surface area contributed by atoms with Gasteiger partial charge in [-0.2, -0.15) is 0 Å². The second kappa shape index (κ2) is 6.74. The molecular formula is C17H23NO3. The Morgan fingerprint density at radius 2 is 1.95 bits per heavy atom. The summed E-state index contributed by atoms with van der Waals surface area (Å²) in [6, 6.07) is 8.02. The van der Waals surface area contributed by atoms with Crippen LogP contribution in [0.25, 0.3) is 0 Å². The van der Waals surface area contributed by atoms with Gasteiger partial charge in [0.1, 0.15) is 0 Å². The van der Waals surface area contributed by atoms with Crippen LogP contribution in [-0.2, 0) is 16.1 Å². The van der Waals surface area contributed by atoms with Gasteiger partial charge in [0.2, 0.25) is 5.91 Å². The van der Waals surface area contributed by atoms with E-state index in [1.165, 1.54) is 5.56 Å². The van der Waals surface area contributed by atoms with Crippen LogP contribution in [0.2, 0.25) is 0 Å². The van der Waals surface area contributed by atoms with Crippen molar-refractivity contribution in [3.05, 3.63) is 35.4 Å². The summed E-state index contributed by atoms with van der Waals surface area (Å²) in [7, 11) is 0. The van der Waals surface area contributed by atoms with Crippen molar-refractivity contribution in [2.45, 2.75) is 52.0 Å². The highest BCUT2D eigenvalue weighted by Gasteiger charge is 2.37. The zero-order valence-corrected chi connectivity index (χ0v) is 12.5. The van der Waals surface area contributed by atoms with Crippen molar-refractivity contribution in [2.24, 2.45) is 5.41 Å². The van der Waals surface area contributed by atoms with Crippen LogP contribution in [0.3, 0.4) is 0 Å². The molecule has 0 heterocycles. The first-order valence-electron chi connectivity index (χ1n) is 7.53. The second-order valence-corrected chi connectivity index (χ2v) is 6.22. The monoisotopic (exact) mass is 289 g/mol. The number of aryl methyl sites for hydroxylation is 1. The first-order valence-corrected chi connectivity index (χ1v) is 7.53. The Morgan fingerprint density at radius 3 is 2.57 bits per heavy atom. The minimum atomic E-state index is -0.802. The van der Waals surface area contributed by atoms with Gasteiger partial charge in [-0.05, 0) is 30.7 Å². The number of hydrogen-bond acceptors (Lipinski definition) is 2. The minimum Gasteiger partial charge on any atom is -0.481 e. The number of aliphatic carboxylic acids is 1. The molecule has 1 aliphatic carbocycles. The molecule has 0 bridgehead atoms. The SMILES string of the molecule is Cc1cccc(CNC(=O)CC2(CC(=O)O)CCCC2)c1. The van der Waals surface area contributed by atoms with E-state index >= 15 is 0 Å². The van der Waals surface area contributed by atoms with Crippen LogP contribution in [0.5, 0.6) is 0 Å². The van der Waals surface area contributed by atoms with Crippen LogP contribution in [0.4, 0.5) is 0 Å². The van der Waals surface area contributed by atoms with Gasteiger partial charge in [-0.3, -0.25) is 9.59 Å². The molecule has 1 aromatic carbocycles. The normalized spacial score (nSPS) is 16.6. The molecule has 114 valence electrons. The first-order chi connectivity index (χ1) is 9.99. The molecule has 1 aliphatic rings. The standard InChI is InChI=1S/C17H23NO3/c1-13-5-4-6-14(9-13)12-18-15(19)10-17(11-16(20)21)7-2-3-8-17/h4-6,9H,2-3,7-8,10-12H2,1H3,(H,18,19)(H,20,21). The quantitative estimate of drug-likeness (QED) is 0.846. The van der Waals surface area contributed by atoms with E-state index in [1.54, 1.807) is 0 Å². The summed E-state index contributed by atoms with van der Waals surface area (Å²) < 4.78 is 0. The summed E-state index contributed by atoms with van der Waals surface area (Å²) in [4.78, 5) is 23.2. The number of carbonyl (C=O) groups is 2. The maximum atomic E-state index is 12.1. The van der Waals surface area contributed by atoms with Crippen LogP contribution in [-0.4, -0.2) is 17.0 Å². The average molecular weight is 289 g/mol. The number of carbonyl (C=O) groups excluding carboxylic acids is 1. The van der Waals surface area contributed by atoms with E-state index in [0.29, 0.717) is 13.0 Å². The zero-order valence-electron chi connectivity index (χ0n) is 12.5. The molecule has 0 radical (unpaired) electrons. The van der Waals surface area contributed by atoms with E-state index in [1.807, 2.05) is 31.2 Å². The van der Waals surface area contributed by atoms with E-state index in [-0.39, 0.29) is 17.7 Å². The van der Waals surface area contributed by atoms with Crippen molar-refractivity contribution in [1.82, 2.24) is 5.32 Å². The summed E-state index contributed by atoms with van der Waals surface area (Å²) in [6.45, 7) is 2.52. The predicted octanol–water partition coefficient (Wildman–Crippen LogP) is 3.04. The number of nitrogens with one attached hydrogen (secondary N) is 1. The summed E-state index contributed by atoms with van der Waals surface area (Å²) >= 11 is 0. The lowest BCUT2D eigenvalue weighted by atomic mass is 9.79. The number of amides is 1. The number of benzene rings is 1. The average Bonchev–Trinajstić information content (AvgIpc) is 2.83. The van der Waals surface area contributed by atoms with Gasteiger partial charge in [0.05, 0.1) is 6.42 Å². The highest BCUT2D eigenvalue weighted by atomic mass is 16.4. The third-order valence-electron chi connectivity index (χ3n) is 4.30. The van der Waals surface area contributed by atoms with E-state index < -0.39 is 5.97 Å². The molecule has 1 amide bonds. The van der Waals surface area contributed by atoms with Crippen molar-refractivity contribution in [3.63, 3.8) is 0 Å². The van der Waals surface area contributed by atoms with Gasteiger partial charge in [0.25, 0.3) is 0 Å². The molecule has 0 unspecified atom stereocenters. The summed E-state index contributed by atoms with van der Waals surface area (Å²) in [5.41, 5.74) is 1.91. The van der Waals surface area contributed by atoms with Crippen LogP contribution in [0, 0.1) is 12.3 Å². The van der Waals surface area contributed by atoms with Gasteiger partial charge in [-0.25, -0.2) is 0 Å². The Bertz CT molecular complexity index is 519. The largest absolute Gasteiger partial charge is 0.481 e. The van der Waals surface area contributed by atoms with Crippen LogP contribution < -0.4 is 5.32 Å². The number of carboxylic acid groups (broad SMARTS) is 1. The van der Waals surface area contributed by atoms with Crippen molar-refractivity contribution in [2.75, 3.05) is 0 Å². The summed E-state index contributed by atoms with van der Waals surface area (Å²) in [5.74, 6) is -0.844. The Kier molecular flexibility index (Phi) is 4.99. The number of rotatable bonds is 6. The molecule has 21 heavy (non-hydrogen) atoms.